The highest BCUT2D eigenvalue weighted by atomic mass is 32.2. The molecule has 0 aliphatic carbocycles. The van der Waals surface area contributed by atoms with Crippen molar-refractivity contribution in [2.45, 2.75) is 25.3 Å². The van der Waals surface area contributed by atoms with Crippen LogP contribution in [-0.4, -0.2) is 48.0 Å². The molecule has 1 N–H and O–H groups in total. The summed E-state index contributed by atoms with van der Waals surface area (Å²) in [6.45, 7) is 4.79. The van der Waals surface area contributed by atoms with Crippen LogP contribution >= 0.6 is 0 Å². The van der Waals surface area contributed by atoms with Crippen LogP contribution in [-0.2, 0) is 16.6 Å². The van der Waals surface area contributed by atoms with Gasteiger partial charge in [-0.3, -0.25) is 9.59 Å². The van der Waals surface area contributed by atoms with Gasteiger partial charge in [-0.2, -0.15) is 9.40 Å². The van der Waals surface area contributed by atoms with Crippen molar-refractivity contribution in [2.75, 3.05) is 19.6 Å². The second-order valence-electron chi connectivity index (χ2n) is 5.45. The zero-order valence-electron chi connectivity index (χ0n) is 14.8. The number of hydrogen-bond acceptors (Lipinski definition) is 5. The van der Waals surface area contributed by atoms with Gasteiger partial charge in [0, 0.05) is 37.5 Å². The highest BCUT2D eigenvalue weighted by Crippen LogP contribution is 2.16. The first-order valence-corrected chi connectivity index (χ1v) is 9.74. The smallest absolute Gasteiger partial charge is 0.266 e. The molecule has 0 fully saturated rings. The SMILES string of the molecule is CCN(CC)S(=O)(=O)c1ccc(C(=O)NCCn2ncccc2=O)cc1. The summed E-state index contributed by atoms with van der Waals surface area (Å²) in [6.07, 6.45) is 1.50. The largest absolute Gasteiger partial charge is 0.350 e. The van der Waals surface area contributed by atoms with E-state index < -0.39 is 10.0 Å². The van der Waals surface area contributed by atoms with Crippen LogP contribution in [0.5, 0.6) is 0 Å². The van der Waals surface area contributed by atoms with E-state index in [0.29, 0.717) is 18.7 Å². The maximum Gasteiger partial charge on any atom is 0.266 e. The number of nitrogens with one attached hydrogen (secondary N) is 1. The molecule has 0 aliphatic heterocycles. The van der Waals surface area contributed by atoms with Crippen molar-refractivity contribution in [3.8, 4) is 0 Å². The van der Waals surface area contributed by atoms with Gasteiger partial charge in [-0.1, -0.05) is 13.8 Å². The van der Waals surface area contributed by atoms with Crippen molar-refractivity contribution in [2.24, 2.45) is 0 Å². The molecule has 0 radical (unpaired) electrons. The van der Waals surface area contributed by atoms with E-state index in [1.54, 1.807) is 19.9 Å². The predicted octanol–water partition coefficient (Wildman–Crippen LogP) is 0.704. The van der Waals surface area contributed by atoms with Crippen molar-refractivity contribution >= 4 is 15.9 Å². The maximum absolute atomic E-state index is 12.4. The Bertz CT molecular complexity index is 903. The lowest BCUT2D eigenvalue weighted by Crippen LogP contribution is -2.32. The zero-order valence-corrected chi connectivity index (χ0v) is 15.6. The number of aromatic nitrogens is 2. The molecule has 0 saturated heterocycles. The van der Waals surface area contributed by atoms with Crippen LogP contribution in [0.4, 0.5) is 0 Å². The number of nitrogens with zero attached hydrogens (tertiary/aromatic N) is 3. The Morgan fingerprint density at radius 3 is 2.38 bits per heavy atom. The molecule has 26 heavy (non-hydrogen) atoms. The molecule has 0 saturated carbocycles. The third-order valence-corrected chi connectivity index (χ3v) is 5.92. The second-order valence-corrected chi connectivity index (χ2v) is 7.39. The monoisotopic (exact) mass is 378 g/mol. The molecule has 0 spiro atoms. The average Bonchev–Trinajstić information content (AvgIpc) is 2.64. The van der Waals surface area contributed by atoms with Crippen LogP contribution < -0.4 is 10.9 Å². The number of benzene rings is 1. The lowest BCUT2D eigenvalue weighted by Gasteiger charge is -2.18. The fourth-order valence-electron chi connectivity index (χ4n) is 2.42. The van der Waals surface area contributed by atoms with Gasteiger partial charge < -0.3 is 5.32 Å². The summed E-state index contributed by atoms with van der Waals surface area (Å²) in [5.74, 6) is -0.347. The summed E-state index contributed by atoms with van der Waals surface area (Å²) in [7, 11) is -3.55. The van der Waals surface area contributed by atoms with Gasteiger partial charge in [0.15, 0.2) is 0 Å². The number of rotatable bonds is 8. The van der Waals surface area contributed by atoms with Crippen LogP contribution in [0.25, 0.3) is 0 Å². The summed E-state index contributed by atoms with van der Waals surface area (Å²) in [4.78, 5) is 23.8. The highest BCUT2D eigenvalue weighted by molar-refractivity contribution is 7.89. The summed E-state index contributed by atoms with van der Waals surface area (Å²) in [5.41, 5.74) is 0.101. The van der Waals surface area contributed by atoms with Crippen LogP contribution in [0.1, 0.15) is 24.2 Å². The van der Waals surface area contributed by atoms with E-state index in [4.69, 9.17) is 0 Å². The number of carbonyl (C=O) groups is 1. The zero-order chi connectivity index (χ0) is 19.2. The Balaban J connectivity index is 2.00. The Morgan fingerprint density at radius 2 is 1.81 bits per heavy atom. The van der Waals surface area contributed by atoms with Crippen molar-refractivity contribution in [3.63, 3.8) is 0 Å². The second kappa shape index (κ2) is 8.72. The van der Waals surface area contributed by atoms with Crippen molar-refractivity contribution in [3.05, 3.63) is 58.5 Å². The minimum atomic E-state index is -3.55. The van der Waals surface area contributed by atoms with Gasteiger partial charge in [-0.15, -0.1) is 0 Å². The van der Waals surface area contributed by atoms with E-state index in [1.807, 2.05) is 0 Å². The van der Waals surface area contributed by atoms with E-state index >= 15 is 0 Å². The number of carbonyl (C=O) groups excluding carboxylic acids is 1. The Labute approximate surface area is 152 Å². The third-order valence-electron chi connectivity index (χ3n) is 3.85. The van der Waals surface area contributed by atoms with E-state index in [-0.39, 0.29) is 29.5 Å². The van der Waals surface area contributed by atoms with E-state index in [2.05, 4.69) is 10.4 Å². The summed E-state index contributed by atoms with van der Waals surface area (Å²) in [5, 5.41) is 6.58. The molecule has 2 aromatic rings. The molecule has 0 bridgehead atoms. The molecule has 0 unspecified atom stereocenters. The lowest BCUT2D eigenvalue weighted by atomic mass is 10.2. The maximum atomic E-state index is 12.4. The van der Waals surface area contributed by atoms with E-state index in [1.165, 1.54) is 45.5 Å². The predicted molar refractivity (Wildman–Crippen MR) is 97.4 cm³/mol. The fraction of sp³-hybridized carbons (Fsp3) is 0.353. The molecule has 9 heteroatoms. The third kappa shape index (κ3) is 4.55. The molecule has 0 aliphatic rings. The minimum absolute atomic E-state index is 0.151. The Morgan fingerprint density at radius 1 is 1.15 bits per heavy atom. The molecular formula is C17H22N4O4S. The summed E-state index contributed by atoms with van der Waals surface area (Å²) in [6, 6.07) is 8.73. The first-order chi connectivity index (χ1) is 12.4. The highest BCUT2D eigenvalue weighted by Gasteiger charge is 2.21. The van der Waals surface area contributed by atoms with E-state index in [0.717, 1.165) is 0 Å². The van der Waals surface area contributed by atoms with Gasteiger partial charge in [0.25, 0.3) is 11.5 Å². The standard InChI is InChI=1S/C17H22N4O4S/c1-3-20(4-2)26(24,25)15-9-7-14(8-10-15)17(23)18-12-13-21-16(22)6-5-11-19-21/h5-11H,3-4,12-13H2,1-2H3,(H,18,23). The average molecular weight is 378 g/mol. The normalized spacial score (nSPS) is 11.5. The molecule has 1 aromatic carbocycles. The van der Waals surface area contributed by atoms with Crippen molar-refractivity contribution in [1.29, 1.82) is 0 Å². The van der Waals surface area contributed by atoms with Gasteiger partial charge in [0.1, 0.15) is 0 Å². The molecule has 0 atom stereocenters. The van der Waals surface area contributed by atoms with Crippen molar-refractivity contribution in [1.82, 2.24) is 19.4 Å². The van der Waals surface area contributed by atoms with Gasteiger partial charge in [0.05, 0.1) is 11.4 Å². The Kier molecular flexibility index (Phi) is 6.64. The molecule has 2 rings (SSSR count). The van der Waals surface area contributed by atoms with E-state index in [9.17, 15) is 18.0 Å². The number of hydrogen-bond donors (Lipinski definition) is 1. The molecule has 8 nitrogen and oxygen atoms in total. The summed E-state index contributed by atoms with van der Waals surface area (Å²) >= 11 is 0. The van der Waals surface area contributed by atoms with Crippen LogP contribution in [0, 0.1) is 0 Å². The van der Waals surface area contributed by atoms with Crippen molar-refractivity contribution < 1.29 is 13.2 Å². The number of sulfonamides is 1. The molecule has 1 amide bonds. The van der Waals surface area contributed by atoms with Crippen LogP contribution in [0.3, 0.4) is 0 Å². The van der Waals surface area contributed by atoms with Gasteiger partial charge in [0.2, 0.25) is 10.0 Å². The Hall–Kier alpha value is -2.52. The van der Waals surface area contributed by atoms with Gasteiger partial charge >= 0.3 is 0 Å². The summed E-state index contributed by atoms with van der Waals surface area (Å²) < 4.78 is 27.4. The molecule has 1 aromatic heterocycles. The van der Waals surface area contributed by atoms with Crippen LogP contribution in [0.2, 0.25) is 0 Å². The topological polar surface area (TPSA) is 101 Å². The quantitative estimate of drug-likeness (QED) is 0.729. The molecule has 1 heterocycles. The fourth-order valence-corrected chi connectivity index (χ4v) is 3.88. The van der Waals surface area contributed by atoms with Gasteiger partial charge in [-0.25, -0.2) is 13.1 Å². The number of amides is 1. The minimum Gasteiger partial charge on any atom is -0.350 e. The molecule has 140 valence electrons. The van der Waals surface area contributed by atoms with Gasteiger partial charge in [-0.05, 0) is 30.3 Å². The lowest BCUT2D eigenvalue weighted by molar-refractivity contribution is 0.0951. The first kappa shape index (κ1) is 19.8. The van der Waals surface area contributed by atoms with Crippen LogP contribution in [0.15, 0.2) is 52.3 Å². The molecular weight excluding hydrogens is 356 g/mol. The first-order valence-electron chi connectivity index (χ1n) is 8.30.